The van der Waals surface area contributed by atoms with Gasteiger partial charge in [0.2, 0.25) is 5.75 Å². The number of carbonyl (C=O) groups excluding carboxylic acids is 2. The van der Waals surface area contributed by atoms with Gasteiger partial charge in [-0.1, -0.05) is 30.3 Å². The molecule has 1 aliphatic heterocycles. The lowest BCUT2D eigenvalue weighted by Crippen LogP contribution is -2.47. The number of hydrogen-bond donors (Lipinski definition) is 2. The minimum atomic E-state index is -0.758. The molecule has 3 rings (SSSR count). The Morgan fingerprint density at radius 2 is 2.00 bits per heavy atom. The first-order chi connectivity index (χ1) is 14.0. The van der Waals surface area contributed by atoms with Gasteiger partial charge >= 0.3 is 17.8 Å². The Kier molecular flexibility index (Phi) is 6.03. The maximum Gasteiger partial charge on any atom is 0.406 e. The summed E-state index contributed by atoms with van der Waals surface area (Å²) in [6.45, 7) is 1.51. The molecule has 2 aromatic rings. The Morgan fingerprint density at radius 3 is 2.69 bits per heavy atom. The highest BCUT2D eigenvalue weighted by Crippen LogP contribution is 2.29. The predicted octanol–water partition coefficient (Wildman–Crippen LogP) is 2.24. The van der Waals surface area contributed by atoms with Gasteiger partial charge in [-0.25, -0.2) is 9.59 Å². The van der Waals surface area contributed by atoms with Crippen LogP contribution in [0.15, 0.2) is 59.9 Å². The topological polar surface area (TPSA) is 133 Å². The largest absolute Gasteiger partial charge is 0.479 e. The summed E-state index contributed by atoms with van der Waals surface area (Å²) in [5.74, 6) is -1.18. The molecular weight excluding hydrogens is 380 g/mol. The molecule has 1 aromatic heterocycles. The molecule has 150 valence electrons. The normalized spacial score (nSPS) is 15.9. The maximum atomic E-state index is 12.6. The zero-order valence-electron chi connectivity index (χ0n) is 15.5. The van der Waals surface area contributed by atoms with Crippen LogP contribution in [0, 0.1) is 10.1 Å². The first kappa shape index (κ1) is 19.8. The third-order valence-electron chi connectivity index (χ3n) is 4.08. The molecular formula is C19H18N4O6. The van der Waals surface area contributed by atoms with Crippen molar-refractivity contribution in [2.45, 2.75) is 13.0 Å². The summed E-state index contributed by atoms with van der Waals surface area (Å²) in [4.78, 5) is 38.9. The molecule has 1 unspecified atom stereocenters. The lowest BCUT2D eigenvalue weighted by Gasteiger charge is -2.29. The molecule has 0 aliphatic carbocycles. The second kappa shape index (κ2) is 8.83. The van der Waals surface area contributed by atoms with Crippen molar-refractivity contribution >= 4 is 17.8 Å². The number of aromatic nitrogens is 1. The Bertz CT molecular complexity index is 960. The van der Waals surface area contributed by atoms with E-state index in [1.165, 1.54) is 18.3 Å². The van der Waals surface area contributed by atoms with Gasteiger partial charge in [0.05, 0.1) is 23.9 Å². The number of esters is 1. The smallest absolute Gasteiger partial charge is 0.406 e. The van der Waals surface area contributed by atoms with Crippen LogP contribution in [0.1, 0.15) is 18.5 Å². The van der Waals surface area contributed by atoms with Gasteiger partial charge in [-0.2, -0.15) is 0 Å². The highest BCUT2D eigenvalue weighted by molar-refractivity contribution is 5.95. The van der Waals surface area contributed by atoms with Crippen LogP contribution in [0.3, 0.4) is 0 Å². The van der Waals surface area contributed by atoms with Gasteiger partial charge in [-0.15, -0.1) is 0 Å². The van der Waals surface area contributed by atoms with E-state index >= 15 is 0 Å². The average molecular weight is 398 g/mol. The third-order valence-corrected chi connectivity index (χ3v) is 4.08. The van der Waals surface area contributed by atoms with E-state index in [4.69, 9.17) is 9.47 Å². The van der Waals surface area contributed by atoms with Crippen LogP contribution >= 0.6 is 0 Å². The molecule has 0 spiro atoms. The van der Waals surface area contributed by atoms with Gasteiger partial charge in [-0.05, 0) is 34.5 Å². The van der Waals surface area contributed by atoms with Gasteiger partial charge in [0.1, 0.15) is 12.8 Å². The summed E-state index contributed by atoms with van der Waals surface area (Å²) < 4.78 is 10.7. The first-order valence-corrected chi connectivity index (χ1v) is 8.76. The van der Waals surface area contributed by atoms with Crippen molar-refractivity contribution in [2.24, 2.45) is 0 Å². The minimum absolute atomic E-state index is 0.0859. The predicted molar refractivity (Wildman–Crippen MR) is 101 cm³/mol. The molecule has 29 heavy (non-hydrogen) atoms. The molecule has 1 aromatic carbocycles. The first-order valence-electron chi connectivity index (χ1n) is 8.76. The average Bonchev–Trinajstić information content (AvgIpc) is 2.72. The maximum absolute atomic E-state index is 12.6. The lowest BCUT2D eigenvalue weighted by molar-refractivity contribution is -0.390. The molecule has 0 radical (unpaired) electrons. The standard InChI is InChI=1S/C19H18N4O6/c1-2-28-18(24)15-13(11-29-14-9-6-10-20-17(14)23(26)27)21-19(25)22-16(15)12-7-4-3-5-8-12/h3-10,16H,2,11H2,1H3,(H2,21,22,25). The fourth-order valence-electron chi connectivity index (χ4n) is 2.86. The number of nitrogens with zero attached hydrogens (tertiary/aromatic N) is 2. The Labute approximate surface area is 165 Å². The molecule has 0 bridgehead atoms. The molecule has 2 heterocycles. The third kappa shape index (κ3) is 4.49. The van der Waals surface area contributed by atoms with E-state index in [0.29, 0.717) is 5.56 Å². The van der Waals surface area contributed by atoms with Crippen molar-refractivity contribution in [3.63, 3.8) is 0 Å². The van der Waals surface area contributed by atoms with E-state index in [9.17, 15) is 19.7 Å². The van der Waals surface area contributed by atoms with E-state index < -0.39 is 28.8 Å². The van der Waals surface area contributed by atoms with Crippen molar-refractivity contribution in [2.75, 3.05) is 13.2 Å². The zero-order chi connectivity index (χ0) is 20.8. The number of carbonyl (C=O) groups is 2. The molecule has 2 amide bonds. The molecule has 0 saturated heterocycles. The van der Waals surface area contributed by atoms with E-state index in [0.717, 1.165) is 0 Å². The number of ether oxygens (including phenoxy) is 2. The number of nitrogens with one attached hydrogen (secondary N) is 2. The van der Waals surface area contributed by atoms with Crippen molar-refractivity contribution in [1.29, 1.82) is 0 Å². The molecule has 0 fully saturated rings. The Hall–Kier alpha value is -3.95. The number of hydrogen-bond acceptors (Lipinski definition) is 7. The molecule has 2 N–H and O–H groups in total. The summed E-state index contributed by atoms with van der Waals surface area (Å²) in [7, 11) is 0. The van der Waals surface area contributed by atoms with Crippen LogP contribution in [0.4, 0.5) is 10.6 Å². The van der Waals surface area contributed by atoms with E-state index in [2.05, 4.69) is 15.6 Å². The number of amides is 2. The SMILES string of the molecule is CCOC(=O)C1=C(COc2cccnc2[N+](=O)[O-])NC(=O)NC1c1ccccc1. The van der Waals surface area contributed by atoms with E-state index in [1.807, 2.05) is 6.07 Å². The monoisotopic (exact) mass is 398 g/mol. The fraction of sp³-hybridized carbons (Fsp3) is 0.211. The van der Waals surface area contributed by atoms with Crippen LogP contribution in [0.2, 0.25) is 0 Å². The summed E-state index contributed by atoms with van der Waals surface area (Å²) >= 11 is 0. The number of rotatable bonds is 7. The molecule has 0 saturated carbocycles. The van der Waals surface area contributed by atoms with Crippen molar-refractivity contribution in [3.05, 3.63) is 75.6 Å². The van der Waals surface area contributed by atoms with Crippen LogP contribution in [-0.2, 0) is 9.53 Å². The van der Waals surface area contributed by atoms with Crippen molar-refractivity contribution in [3.8, 4) is 5.75 Å². The number of urea groups is 1. The lowest BCUT2D eigenvalue weighted by atomic mass is 9.95. The van der Waals surface area contributed by atoms with Gasteiger partial charge in [-0.3, -0.25) is 0 Å². The Balaban J connectivity index is 1.98. The second-order valence-corrected chi connectivity index (χ2v) is 5.93. The highest BCUT2D eigenvalue weighted by atomic mass is 16.6. The second-order valence-electron chi connectivity index (χ2n) is 5.93. The zero-order valence-corrected chi connectivity index (χ0v) is 15.5. The van der Waals surface area contributed by atoms with E-state index in [1.54, 1.807) is 31.2 Å². The molecule has 10 nitrogen and oxygen atoms in total. The quantitative estimate of drug-likeness (QED) is 0.415. The number of pyridine rings is 1. The van der Waals surface area contributed by atoms with E-state index in [-0.39, 0.29) is 30.2 Å². The van der Waals surface area contributed by atoms with Gasteiger partial charge in [0.15, 0.2) is 0 Å². The van der Waals surface area contributed by atoms with Crippen LogP contribution < -0.4 is 15.4 Å². The van der Waals surface area contributed by atoms with Gasteiger partial charge in [0.25, 0.3) is 0 Å². The number of nitro groups is 1. The molecule has 1 atom stereocenters. The molecule has 1 aliphatic rings. The summed E-state index contributed by atoms with van der Waals surface area (Å²) in [6.07, 6.45) is 1.27. The summed E-state index contributed by atoms with van der Waals surface area (Å²) in [5.41, 5.74) is 0.985. The van der Waals surface area contributed by atoms with Gasteiger partial charge in [0, 0.05) is 0 Å². The van der Waals surface area contributed by atoms with Crippen LogP contribution in [0.5, 0.6) is 5.75 Å². The van der Waals surface area contributed by atoms with Crippen LogP contribution in [0.25, 0.3) is 0 Å². The van der Waals surface area contributed by atoms with Crippen molar-refractivity contribution < 1.29 is 24.0 Å². The number of benzene rings is 1. The minimum Gasteiger partial charge on any atom is -0.479 e. The molecule has 10 heteroatoms. The fourth-order valence-corrected chi connectivity index (χ4v) is 2.86. The van der Waals surface area contributed by atoms with Crippen molar-refractivity contribution in [1.82, 2.24) is 15.6 Å². The Morgan fingerprint density at radius 1 is 1.24 bits per heavy atom. The van der Waals surface area contributed by atoms with Crippen LogP contribution in [-0.4, -0.2) is 35.1 Å². The summed E-state index contributed by atoms with van der Waals surface area (Å²) in [5, 5.41) is 16.3. The summed E-state index contributed by atoms with van der Waals surface area (Å²) in [6, 6.07) is 10.5. The highest BCUT2D eigenvalue weighted by Gasteiger charge is 2.34. The van der Waals surface area contributed by atoms with Gasteiger partial charge < -0.3 is 30.2 Å².